The number of carbonyl (C=O) groups excluding carboxylic acids is 2. The first-order valence-corrected chi connectivity index (χ1v) is 13.8. The van der Waals surface area contributed by atoms with Gasteiger partial charge in [-0.15, -0.1) is 6.58 Å². The molecule has 3 unspecified atom stereocenters. The smallest absolute Gasteiger partial charge is 0.310 e. The number of fused-ring (bicyclic) bond motifs is 2. The van der Waals surface area contributed by atoms with Crippen molar-refractivity contribution in [1.82, 2.24) is 4.90 Å². The van der Waals surface area contributed by atoms with Gasteiger partial charge < -0.3 is 24.7 Å². The minimum Gasteiger partial charge on any atom is -0.481 e. The normalized spacial score (nSPS) is 32.7. The zero-order chi connectivity index (χ0) is 28.3. The third-order valence-corrected chi connectivity index (χ3v) is 9.72. The van der Waals surface area contributed by atoms with E-state index in [0.29, 0.717) is 18.5 Å². The third kappa shape index (κ3) is 3.83. The van der Waals surface area contributed by atoms with Gasteiger partial charge in [-0.25, -0.2) is 0 Å². The predicted molar refractivity (Wildman–Crippen MR) is 148 cm³/mol. The number of aliphatic hydroxyl groups excluding tert-OH is 1. The standard InChI is InChI=1S/C31H38N2O6/c1-6-14-32(22-13-12-20-10-8-9-11-21(20)15-22)28(36)26-31-16-19(4)30(5,39-31)25(29(37)38)24(31)27(35)33(26)23(17-34)18(3)7-2/h6,8-13,15,18-19,23-26,34H,1,7,14,16-17H2,2-5H3,(H,37,38)/t18-,19?,23-,24-,25+,26?,30-,31?/m0/s1. The molecule has 8 nitrogen and oxygen atoms in total. The summed E-state index contributed by atoms with van der Waals surface area (Å²) in [6.07, 6.45) is 2.69. The summed E-state index contributed by atoms with van der Waals surface area (Å²) in [5.41, 5.74) is -1.73. The summed E-state index contributed by atoms with van der Waals surface area (Å²) in [5, 5.41) is 22.8. The van der Waals surface area contributed by atoms with Crippen LogP contribution < -0.4 is 4.90 Å². The molecule has 2 amide bonds. The van der Waals surface area contributed by atoms with Gasteiger partial charge in [0.05, 0.1) is 24.2 Å². The maximum absolute atomic E-state index is 14.7. The number of rotatable bonds is 9. The topological polar surface area (TPSA) is 107 Å². The van der Waals surface area contributed by atoms with Gasteiger partial charge in [0.15, 0.2) is 0 Å². The average molecular weight is 535 g/mol. The molecule has 1 spiro atoms. The largest absolute Gasteiger partial charge is 0.481 e. The molecule has 0 aliphatic carbocycles. The fraction of sp³-hybridized carbons (Fsp3) is 0.516. The minimum absolute atomic E-state index is 0.119. The lowest BCUT2D eigenvalue weighted by molar-refractivity contribution is -0.158. The summed E-state index contributed by atoms with van der Waals surface area (Å²) < 4.78 is 6.64. The van der Waals surface area contributed by atoms with Gasteiger partial charge in [-0.3, -0.25) is 14.4 Å². The number of hydrogen-bond donors (Lipinski definition) is 2. The number of nitrogens with zero attached hydrogens (tertiary/aromatic N) is 2. The van der Waals surface area contributed by atoms with Crippen LogP contribution in [-0.2, 0) is 19.1 Å². The van der Waals surface area contributed by atoms with E-state index >= 15 is 0 Å². The SMILES string of the molecule is C=CCN(C(=O)C1N([C@@H](CO)[C@@H](C)CC)C(=O)[C@@H]2[C@H](C(=O)O)[C@@]3(C)OC12CC3C)c1ccc2ccccc2c1. The number of ether oxygens (including phenoxy) is 1. The van der Waals surface area contributed by atoms with E-state index in [0.717, 1.165) is 10.8 Å². The summed E-state index contributed by atoms with van der Waals surface area (Å²) >= 11 is 0. The Bertz CT molecular complexity index is 1330. The Balaban J connectivity index is 1.67. The zero-order valence-electron chi connectivity index (χ0n) is 23.0. The molecular weight excluding hydrogens is 496 g/mol. The Hall–Kier alpha value is -3.23. The minimum atomic E-state index is -1.30. The van der Waals surface area contributed by atoms with Gasteiger partial charge in [0.25, 0.3) is 5.91 Å². The van der Waals surface area contributed by atoms with E-state index in [2.05, 4.69) is 6.58 Å². The molecule has 8 atom stereocenters. The van der Waals surface area contributed by atoms with E-state index in [1.54, 1.807) is 17.9 Å². The second-order valence-electron chi connectivity index (χ2n) is 11.7. The number of hydrogen-bond acceptors (Lipinski definition) is 5. The van der Waals surface area contributed by atoms with Crippen molar-refractivity contribution in [2.45, 2.75) is 63.8 Å². The van der Waals surface area contributed by atoms with Gasteiger partial charge in [0.1, 0.15) is 17.6 Å². The van der Waals surface area contributed by atoms with Crippen molar-refractivity contribution < 1.29 is 29.3 Å². The highest BCUT2D eigenvalue weighted by molar-refractivity contribution is 6.05. The molecule has 3 aliphatic heterocycles. The van der Waals surface area contributed by atoms with E-state index in [9.17, 15) is 24.6 Å². The first kappa shape index (κ1) is 27.3. The second-order valence-corrected chi connectivity index (χ2v) is 11.7. The summed E-state index contributed by atoms with van der Waals surface area (Å²) in [4.78, 5) is 44.7. The molecule has 3 aliphatic rings. The van der Waals surface area contributed by atoms with Gasteiger partial charge >= 0.3 is 5.97 Å². The number of carboxylic acid groups (broad SMARTS) is 1. The van der Waals surface area contributed by atoms with Crippen LogP contribution in [0.2, 0.25) is 0 Å². The Morgan fingerprint density at radius 2 is 1.95 bits per heavy atom. The zero-order valence-corrected chi connectivity index (χ0v) is 23.0. The monoisotopic (exact) mass is 534 g/mol. The van der Waals surface area contributed by atoms with Crippen molar-refractivity contribution in [3.05, 3.63) is 55.1 Å². The molecule has 0 saturated carbocycles. The highest BCUT2D eigenvalue weighted by Gasteiger charge is 2.80. The van der Waals surface area contributed by atoms with Crippen LogP contribution in [-0.4, -0.2) is 69.3 Å². The molecule has 3 heterocycles. The summed E-state index contributed by atoms with van der Waals surface area (Å²) in [5.74, 6) is -4.27. The number of amides is 2. The fourth-order valence-corrected chi connectivity index (χ4v) is 7.45. The predicted octanol–water partition coefficient (Wildman–Crippen LogP) is 3.86. The summed E-state index contributed by atoms with van der Waals surface area (Å²) in [6.45, 7) is 11.3. The van der Waals surface area contributed by atoms with Crippen molar-refractivity contribution in [3.8, 4) is 0 Å². The molecule has 2 aromatic rings. The molecule has 39 heavy (non-hydrogen) atoms. The molecular formula is C31H38N2O6. The molecule has 8 heteroatoms. The lowest BCUT2D eigenvalue weighted by atomic mass is 9.62. The van der Waals surface area contributed by atoms with Crippen LogP contribution >= 0.6 is 0 Å². The van der Waals surface area contributed by atoms with E-state index in [4.69, 9.17) is 4.74 Å². The first-order chi connectivity index (χ1) is 18.5. The average Bonchev–Trinajstić information content (AvgIpc) is 3.43. The molecule has 0 aromatic heterocycles. The van der Waals surface area contributed by atoms with Crippen molar-refractivity contribution in [1.29, 1.82) is 0 Å². The number of carbonyl (C=O) groups is 3. The van der Waals surface area contributed by atoms with E-state index in [1.165, 1.54) is 4.90 Å². The molecule has 208 valence electrons. The van der Waals surface area contributed by atoms with E-state index < -0.39 is 47.0 Å². The molecule has 2 bridgehead atoms. The number of carboxylic acids is 1. The summed E-state index contributed by atoms with van der Waals surface area (Å²) in [7, 11) is 0. The van der Waals surface area contributed by atoms with E-state index in [-0.39, 0.29) is 30.9 Å². The highest BCUT2D eigenvalue weighted by atomic mass is 16.5. The maximum Gasteiger partial charge on any atom is 0.310 e. The van der Waals surface area contributed by atoms with Gasteiger partial charge in [0.2, 0.25) is 5.91 Å². The molecule has 2 N–H and O–H groups in total. The second kappa shape index (κ2) is 9.75. The quantitative estimate of drug-likeness (QED) is 0.473. The Morgan fingerprint density at radius 3 is 2.56 bits per heavy atom. The molecule has 5 rings (SSSR count). The van der Waals surface area contributed by atoms with Gasteiger partial charge in [-0.2, -0.15) is 0 Å². The Labute approximate surface area is 229 Å². The van der Waals surface area contributed by atoms with Crippen LogP contribution in [0.3, 0.4) is 0 Å². The lowest BCUT2D eigenvalue weighted by Gasteiger charge is -2.41. The maximum atomic E-state index is 14.7. The first-order valence-electron chi connectivity index (χ1n) is 13.8. The highest BCUT2D eigenvalue weighted by Crippen LogP contribution is 2.65. The number of aliphatic carboxylic acids is 1. The lowest BCUT2D eigenvalue weighted by Crippen LogP contribution is -2.60. The van der Waals surface area contributed by atoms with Gasteiger partial charge in [0, 0.05) is 12.2 Å². The molecule has 2 aromatic carbocycles. The number of benzene rings is 2. The van der Waals surface area contributed by atoms with Crippen LogP contribution in [0.15, 0.2) is 55.1 Å². The van der Waals surface area contributed by atoms with Crippen LogP contribution in [0.4, 0.5) is 5.69 Å². The molecule has 3 saturated heterocycles. The van der Waals surface area contributed by atoms with Crippen LogP contribution in [0.5, 0.6) is 0 Å². The Kier molecular flexibility index (Phi) is 6.84. The van der Waals surface area contributed by atoms with Crippen molar-refractivity contribution in [2.75, 3.05) is 18.1 Å². The van der Waals surface area contributed by atoms with Crippen LogP contribution in [0.25, 0.3) is 10.8 Å². The molecule has 0 radical (unpaired) electrons. The number of anilines is 1. The van der Waals surface area contributed by atoms with Gasteiger partial charge in [-0.1, -0.05) is 63.6 Å². The van der Waals surface area contributed by atoms with Crippen molar-refractivity contribution in [3.63, 3.8) is 0 Å². The van der Waals surface area contributed by atoms with E-state index in [1.807, 2.05) is 63.2 Å². The van der Waals surface area contributed by atoms with Crippen molar-refractivity contribution >= 4 is 34.2 Å². The van der Waals surface area contributed by atoms with Crippen molar-refractivity contribution in [2.24, 2.45) is 23.7 Å². The van der Waals surface area contributed by atoms with Crippen LogP contribution in [0.1, 0.15) is 40.5 Å². The fourth-order valence-electron chi connectivity index (χ4n) is 7.45. The van der Waals surface area contributed by atoms with Gasteiger partial charge in [-0.05, 0) is 48.1 Å². The third-order valence-electron chi connectivity index (χ3n) is 9.72. The van der Waals surface area contributed by atoms with Crippen LogP contribution in [0, 0.1) is 23.7 Å². The molecule has 3 fully saturated rings. The number of aliphatic hydroxyl groups is 1. The Morgan fingerprint density at radius 1 is 1.26 bits per heavy atom. The summed E-state index contributed by atoms with van der Waals surface area (Å²) in [6, 6.07) is 11.9. The number of likely N-dealkylation sites (tertiary alicyclic amines) is 1.